The van der Waals surface area contributed by atoms with Gasteiger partial charge in [-0.15, -0.1) is 0 Å². The van der Waals surface area contributed by atoms with Gasteiger partial charge >= 0.3 is 11.7 Å². The third-order valence-electron chi connectivity index (χ3n) is 6.05. The topological polar surface area (TPSA) is 121 Å². The fourth-order valence-electron chi connectivity index (χ4n) is 3.68. The highest BCUT2D eigenvalue weighted by atomic mass is 16.5. The van der Waals surface area contributed by atoms with E-state index in [1.165, 1.54) is 4.90 Å². The summed E-state index contributed by atoms with van der Waals surface area (Å²) in [5, 5.41) is 13.0. The quantitative estimate of drug-likeness (QED) is 0.329. The predicted octanol–water partition coefficient (Wildman–Crippen LogP) is 1.55. The molecule has 0 amide bonds. The van der Waals surface area contributed by atoms with Crippen molar-refractivity contribution in [2.24, 2.45) is 4.99 Å². The number of likely N-dealkylation sites (N-methyl/N-ethyl adjacent to an activating group) is 1. The molecule has 0 atom stereocenters. The number of carbonyl (C=O) groups excluding carboxylic acids is 1. The number of H-pyrrole nitrogens is 1. The van der Waals surface area contributed by atoms with Crippen molar-refractivity contribution >= 4 is 17.9 Å². The fourth-order valence-corrected chi connectivity index (χ4v) is 3.68. The van der Waals surface area contributed by atoms with Crippen molar-refractivity contribution in [3.8, 4) is 11.6 Å². The molecule has 2 aromatic carbocycles. The van der Waals surface area contributed by atoms with Gasteiger partial charge in [-0.25, -0.2) is 9.59 Å². The normalized spacial score (nSPS) is 11.5. The lowest BCUT2D eigenvalue weighted by atomic mass is 10.0. The van der Waals surface area contributed by atoms with E-state index < -0.39 is 23.1 Å². The van der Waals surface area contributed by atoms with Crippen molar-refractivity contribution in [2.75, 3.05) is 26.2 Å². The number of hydrogen-bond acceptors (Lipinski definition) is 6. The van der Waals surface area contributed by atoms with Crippen molar-refractivity contribution in [2.45, 2.75) is 33.6 Å². The largest absolute Gasteiger partial charge is 0.859 e. The van der Waals surface area contributed by atoms with Gasteiger partial charge in [0.2, 0.25) is 0 Å². The summed E-state index contributed by atoms with van der Waals surface area (Å²) in [6.45, 7) is 11.3. The van der Waals surface area contributed by atoms with Crippen LogP contribution in [0.3, 0.4) is 0 Å². The fraction of sp³-hybridized carbons (Fsp3) is 0.333. The van der Waals surface area contributed by atoms with Crippen LogP contribution < -0.4 is 21.3 Å². The Morgan fingerprint density at radius 3 is 2.31 bits per heavy atom. The van der Waals surface area contributed by atoms with Crippen LogP contribution in [0.2, 0.25) is 0 Å². The predicted molar refractivity (Wildman–Crippen MR) is 137 cm³/mol. The summed E-state index contributed by atoms with van der Waals surface area (Å²) in [5.74, 6) is -0.895. The molecule has 3 rings (SSSR count). The first kappa shape index (κ1) is 26.6. The second-order valence-corrected chi connectivity index (χ2v) is 8.71. The number of nitrogens with one attached hydrogen (secondary N) is 2. The molecule has 9 nitrogen and oxygen atoms in total. The van der Waals surface area contributed by atoms with Gasteiger partial charge in [0.1, 0.15) is 13.2 Å². The highest BCUT2D eigenvalue weighted by Crippen LogP contribution is 2.19. The summed E-state index contributed by atoms with van der Waals surface area (Å²) >= 11 is 0. The molecule has 0 radical (unpaired) electrons. The number of aliphatic imine (C=N–C) groups is 1. The highest BCUT2D eigenvalue weighted by molar-refractivity contribution is 5.90. The summed E-state index contributed by atoms with van der Waals surface area (Å²) in [6.07, 6.45) is 1.12. The molecule has 0 aliphatic carbocycles. The second-order valence-electron chi connectivity index (χ2n) is 8.71. The van der Waals surface area contributed by atoms with Crippen LogP contribution >= 0.6 is 0 Å². The summed E-state index contributed by atoms with van der Waals surface area (Å²) in [7, 11) is 0. The van der Waals surface area contributed by atoms with Crippen LogP contribution in [0.25, 0.3) is 5.69 Å². The monoisotopic (exact) mass is 492 g/mol. The maximum atomic E-state index is 13.0. The minimum Gasteiger partial charge on any atom is -0.859 e. The first-order valence-corrected chi connectivity index (χ1v) is 12.1. The minimum atomic E-state index is -0.820. The molecule has 1 aromatic heterocycles. The Balaban J connectivity index is 1.77. The maximum Gasteiger partial charge on any atom is 0.338 e. The molecule has 0 spiro atoms. The van der Waals surface area contributed by atoms with Crippen molar-refractivity contribution < 1.29 is 19.5 Å². The lowest BCUT2D eigenvalue weighted by Gasteiger charge is -2.18. The van der Waals surface area contributed by atoms with E-state index in [0.29, 0.717) is 29.5 Å². The Labute approximate surface area is 209 Å². The zero-order valence-electron chi connectivity index (χ0n) is 21.0. The molecule has 1 heterocycles. The lowest BCUT2D eigenvalue weighted by molar-refractivity contribution is -0.896. The van der Waals surface area contributed by atoms with E-state index in [1.54, 1.807) is 36.4 Å². The zero-order valence-corrected chi connectivity index (χ0v) is 21.0. The van der Waals surface area contributed by atoms with E-state index in [4.69, 9.17) is 4.74 Å². The van der Waals surface area contributed by atoms with E-state index in [9.17, 15) is 19.5 Å². The Kier molecular flexibility index (Phi) is 8.97. The van der Waals surface area contributed by atoms with Crippen molar-refractivity contribution in [3.63, 3.8) is 0 Å². The number of aromatic nitrogens is 2. The molecule has 0 unspecified atom stereocenters. The van der Waals surface area contributed by atoms with E-state index in [-0.39, 0.29) is 5.56 Å². The second kappa shape index (κ2) is 12.1. The van der Waals surface area contributed by atoms with Crippen LogP contribution in [0.4, 0.5) is 5.69 Å². The highest BCUT2D eigenvalue weighted by Gasteiger charge is 2.11. The van der Waals surface area contributed by atoms with Crippen molar-refractivity contribution in [3.05, 3.63) is 86.1 Å². The molecule has 9 heteroatoms. The molecule has 0 aliphatic rings. The minimum absolute atomic E-state index is 0.273. The van der Waals surface area contributed by atoms with Gasteiger partial charge < -0.3 is 14.7 Å². The van der Waals surface area contributed by atoms with Crippen LogP contribution in [-0.2, 0) is 4.74 Å². The van der Waals surface area contributed by atoms with Gasteiger partial charge in [-0.3, -0.25) is 19.3 Å². The standard InChI is InChI=1S/C27H32N4O5/c1-5-30(6-2)15-16-36-26(34)20-7-11-21(12-8-20)28-17-23-24(32)29-27(35)31(25(23)33)22-13-9-19(10-14-22)18(3)4/h7-14,17-18,33H,5-6,15-16H2,1-4H3,(H,29,32,35). The maximum absolute atomic E-state index is 13.0. The van der Waals surface area contributed by atoms with Gasteiger partial charge in [0.15, 0.2) is 0 Å². The van der Waals surface area contributed by atoms with E-state index >= 15 is 0 Å². The molecule has 0 fully saturated rings. The molecule has 2 N–H and O–H groups in total. The molecule has 36 heavy (non-hydrogen) atoms. The van der Waals surface area contributed by atoms with Gasteiger partial charge in [0.05, 0.1) is 29.9 Å². The van der Waals surface area contributed by atoms with Gasteiger partial charge in [-0.05, 0) is 67.6 Å². The van der Waals surface area contributed by atoms with Gasteiger partial charge in [0, 0.05) is 11.9 Å². The average molecular weight is 493 g/mol. The van der Waals surface area contributed by atoms with Crippen LogP contribution in [0.1, 0.15) is 55.1 Å². The molecular weight excluding hydrogens is 460 g/mol. The number of ether oxygens (including phenoxy) is 1. The summed E-state index contributed by atoms with van der Waals surface area (Å²) < 4.78 is 6.24. The van der Waals surface area contributed by atoms with Gasteiger partial charge in [-0.2, -0.15) is 0 Å². The third kappa shape index (κ3) is 6.37. The van der Waals surface area contributed by atoms with Crippen LogP contribution in [-0.4, -0.2) is 48.0 Å². The number of benzene rings is 2. The summed E-state index contributed by atoms with van der Waals surface area (Å²) in [6, 6.07) is 13.3. The summed E-state index contributed by atoms with van der Waals surface area (Å²) in [4.78, 5) is 44.7. The first-order chi connectivity index (χ1) is 17.2. The van der Waals surface area contributed by atoms with Gasteiger partial charge in [0.25, 0.3) is 5.56 Å². The SMILES string of the molecule is CC[NH+](CC)CCOC(=O)c1ccc(N=Cc2c([O-])n(-c3ccc(C(C)C)cc3)c(=O)[nH]c2=O)cc1. The lowest BCUT2D eigenvalue weighted by Crippen LogP contribution is -3.11. The Hall–Kier alpha value is -3.98. The number of rotatable bonds is 10. The number of quaternary nitrogens is 1. The van der Waals surface area contributed by atoms with Crippen LogP contribution in [0.15, 0.2) is 63.1 Å². The average Bonchev–Trinajstić information content (AvgIpc) is 2.87. The number of aromatic amines is 1. The molecule has 3 aromatic rings. The molecule has 0 saturated heterocycles. The smallest absolute Gasteiger partial charge is 0.338 e. The van der Waals surface area contributed by atoms with Crippen molar-refractivity contribution in [1.82, 2.24) is 9.55 Å². The Morgan fingerprint density at radius 1 is 1.08 bits per heavy atom. The molecular formula is C27H32N4O5. The molecule has 0 bridgehead atoms. The Morgan fingerprint density at radius 2 is 1.72 bits per heavy atom. The van der Waals surface area contributed by atoms with Gasteiger partial charge in [-0.1, -0.05) is 26.0 Å². The van der Waals surface area contributed by atoms with E-state index in [0.717, 1.165) is 36.0 Å². The molecule has 190 valence electrons. The number of esters is 1. The molecule has 0 aliphatic heterocycles. The number of nitrogens with zero attached hydrogens (tertiary/aromatic N) is 2. The molecule has 0 saturated carbocycles. The van der Waals surface area contributed by atoms with Crippen molar-refractivity contribution in [1.29, 1.82) is 0 Å². The van der Waals surface area contributed by atoms with Crippen LogP contribution in [0.5, 0.6) is 5.88 Å². The van der Waals surface area contributed by atoms with E-state index in [2.05, 4.69) is 23.8 Å². The third-order valence-corrected chi connectivity index (χ3v) is 6.05. The van der Waals surface area contributed by atoms with Crippen LogP contribution in [0, 0.1) is 0 Å². The van der Waals surface area contributed by atoms with E-state index in [1.807, 2.05) is 26.0 Å². The zero-order chi connectivity index (χ0) is 26.2. The summed E-state index contributed by atoms with van der Waals surface area (Å²) in [5.41, 5.74) is 0.309. The number of carbonyl (C=O) groups is 1. The first-order valence-electron chi connectivity index (χ1n) is 12.1. The number of hydrogen-bond donors (Lipinski definition) is 2. The Bertz CT molecular complexity index is 1320.